The second kappa shape index (κ2) is 9.93. The molecule has 0 atom stereocenters. The van der Waals surface area contributed by atoms with Crippen LogP contribution in [-0.2, 0) is 4.74 Å². The van der Waals surface area contributed by atoms with E-state index in [0.29, 0.717) is 28.5 Å². The Labute approximate surface area is 210 Å². The summed E-state index contributed by atoms with van der Waals surface area (Å²) in [7, 11) is 1.78. The molecule has 3 N–H and O–H groups in total. The van der Waals surface area contributed by atoms with E-state index in [1.165, 1.54) is 6.20 Å². The molecule has 0 bridgehead atoms. The van der Waals surface area contributed by atoms with Gasteiger partial charge in [-0.25, -0.2) is 4.98 Å². The Balaban J connectivity index is 1.38. The van der Waals surface area contributed by atoms with Crippen LogP contribution in [0.5, 0.6) is 0 Å². The molecule has 0 aromatic carbocycles. The van der Waals surface area contributed by atoms with E-state index in [2.05, 4.69) is 39.9 Å². The molecule has 0 radical (unpaired) electrons. The van der Waals surface area contributed by atoms with Crippen molar-refractivity contribution in [2.45, 2.75) is 76.5 Å². The maximum Gasteiger partial charge on any atom is 0.274 e. The minimum Gasteiger partial charge on any atom is -0.375 e. The molecule has 3 aromatic heterocycles. The van der Waals surface area contributed by atoms with Gasteiger partial charge < -0.3 is 25.3 Å². The van der Waals surface area contributed by atoms with Crippen LogP contribution in [0.15, 0.2) is 35.4 Å². The maximum absolute atomic E-state index is 13.4. The van der Waals surface area contributed by atoms with Crippen LogP contribution in [-0.4, -0.2) is 50.4 Å². The molecule has 0 unspecified atom stereocenters. The Morgan fingerprint density at radius 3 is 2.72 bits per heavy atom. The lowest BCUT2D eigenvalue weighted by molar-refractivity contribution is -0.0631. The molecule has 2 aliphatic carbocycles. The summed E-state index contributed by atoms with van der Waals surface area (Å²) in [5.74, 6) is 0.934. The minimum atomic E-state index is -0.187. The molecule has 2 aliphatic rings. The van der Waals surface area contributed by atoms with E-state index in [4.69, 9.17) is 4.74 Å². The van der Waals surface area contributed by atoms with Gasteiger partial charge in [0.2, 0.25) is 0 Å². The molecule has 0 saturated heterocycles. The van der Waals surface area contributed by atoms with Crippen LogP contribution >= 0.6 is 0 Å². The molecule has 5 rings (SSSR count). The maximum atomic E-state index is 13.4. The van der Waals surface area contributed by atoms with E-state index < -0.39 is 0 Å². The molecular weight excluding hydrogens is 458 g/mol. The first kappa shape index (κ1) is 24.3. The Morgan fingerprint density at radius 1 is 1.25 bits per heavy atom. The average Bonchev–Trinajstić information content (AvgIpc) is 3.59. The van der Waals surface area contributed by atoms with Gasteiger partial charge in [-0.3, -0.25) is 9.59 Å². The number of carbonyl (C=O) groups is 1. The lowest BCUT2D eigenvalue weighted by Crippen LogP contribution is -2.37. The highest BCUT2D eigenvalue weighted by Crippen LogP contribution is 2.36. The molecular formula is C26H35N7O3. The number of aromatic nitrogens is 4. The van der Waals surface area contributed by atoms with Crippen molar-refractivity contribution in [3.8, 4) is 0 Å². The van der Waals surface area contributed by atoms with Crippen molar-refractivity contribution in [2.75, 3.05) is 24.3 Å². The lowest BCUT2D eigenvalue weighted by Gasteiger charge is -2.38. The van der Waals surface area contributed by atoms with Gasteiger partial charge in [0.25, 0.3) is 11.5 Å². The number of hydrogen-bond donors (Lipinski definition) is 3. The number of hydrogen-bond acceptors (Lipinski definition) is 7. The number of fused-ring (bicyclic) bond motifs is 1. The Morgan fingerprint density at radius 2 is 2.03 bits per heavy atom. The van der Waals surface area contributed by atoms with Gasteiger partial charge in [-0.05, 0) is 64.0 Å². The fourth-order valence-electron chi connectivity index (χ4n) is 4.87. The van der Waals surface area contributed by atoms with Gasteiger partial charge in [0.1, 0.15) is 22.9 Å². The van der Waals surface area contributed by atoms with Gasteiger partial charge in [0.15, 0.2) is 5.65 Å². The zero-order valence-electron chi connectivity index (χ0n) is 21.2. The smallest absolute Gasteiger partial charge is 0.274 e. The van der Waals surface area contributed by atoms with Crippen LogP contribution in [0.3, 0.4) is 0 Å². The lowest BCUT2D eigenvalue weighted by atomic mass is 9.83. The third kappa shape index (κ3) is 4.95. The summed E-state index contributed by atoms with van der Waals surface area (Å²) in [5.41, 5.74) is 1.08. The van der Waals surface area contributed by atoms with Crippen molar-refractivity contribution in [3.63, 3.8) is 0 Å². The topological polar surface area (TPSA) is 115 Å². The number of amides is 1. The quantitative estimate of drug-likeness (QED) is 0.415. The largest absolute Gasteiger partial charge is 0.375 e. The van der Waals surface area contributed by atoms with E-state index in [9.17, 15) is 9.59 Å². The summed E-state index contributed by atoms with van der Waals surface area (Å²) in [6, 6.07) is 5.79. The zero-order chi connectivity index (χ0) is 25.3. The van der Waals surface area contributed by atoms with Gasteiger partial charge in [-0.15, -0.1) is 0 Å². The molecule has 10 nitrogen and oxygen atoms in total. The predicted octanol–water partition coefficient (Wildman–Crippen LogP) is 3.87. The standard InChI is InChI=1S/C26H35N7O3/c1-4-14-36-26(2)11-9-18(10-12-26)32-13-5-6-20(25(32)35)30-21-15-22(27-3)33-23(31-21)19(16-28-33)24(34)29-17-7-8-17/h5-6,13,15-18,27H,4,7-12,14H2,1-3H3,(H,29,34)(H,30,31). The molecule has 1 amide bonds. The van der Waals surface area contributed by atoms with Crippen LogP contribution in [0.25, 0.3) is 5.65 Å². The highest BCUT2D eigenvalue weighted by Gasteiger charge is 2.33. The second-order valence-corrected chi connectivity index (χ2v) is 10.1. The zero-order valence-corrected chi connectivity index (χ0v) is 21.2. The summed E-state index contributed by atoms with van der Waals surface area (Å²) in [6.45, 7) is 5.07. The molecule has 36 heavy (non-hydrogen) atoms. The first-order chi connectivity index (χ1) is 17.4. The van der Waals surface area contributed by atoms with Crippen LogP contribution in [0.4, 0.5) is 17.3 Å². The van der Waals surface area contributed by atoms with Crippen LogP contribution in [0, 0.1) is 0 Å². The van der Waals surface area contributed by atoms with Crippen molar-refractivity contribution in [1.82, 2.24) is 24.5 Å². The molecule has 3 heterocycles. The summed E-state index contributed by atoms with van der Waals surface area (Å²) in [4.78, 5) is 30.8. The van der Waals surface area contributed by atoms with E-state index >= 15 is 0 Å². The third-order valence-electron chi connectivity index (χ3n) is 7.18. The van der Waals surface area contributed by atoms with Gasteiger partial charge in [-0.1, -0.05) is 6.92 Å². The molecule has 0 spiro atoms. The molecule has 3 aromatic rings. The average molecular weight is 494 g/mol. The fraction of sp³-hybridized carbons (Fsp3) is 0.538. The summed E-state index contributed by atoms with van der Waals surface area (Å²) in [5, 5.41) is 13.6. The van der Waals surface area contributed by atoms with Crippen molar-refractivity contribution < 1.29 is 9.53 Å². The monoisotopic (exact) mass is 493 g/mol. The van der Waals surface area contributed by atoms with E-state index in [-0.39, 0.29) is 29.2 Å². The number of ether oxygens (including phenoxy) is 1. The number of rotatable bonds is 9. The highest BCUT2D eigenvalue weighted by molar-refractivity contribution is 6.00. The Kier molecular flexibility index (Phi) is 6.70. The van der Waals surface area contributed by atoms with Gasteiger partial charge in [0.05, 0.1) is 11.8 Å². The van der Waals surface area contributed by atoms with Crippen molar-refractivity contribution in [2.24, 2.45) is 0 Å². The number of pyridine rings is 1. The normalized spacial score (nSPS) is 21.9. The molecule has 192 valence electrons. The highest BCUT2D eigenvalue weighted by atomic mass is 16.5. The number of nitrogens with one attached hydrogen (secondary N) is 3. The predicted molar refractivity (Wildman–Crippen MR) is 139 cm³/mol. The van der Waals surface area contributed by atoms with Crippen molar-refractivity contribution in [1.29, 1.82) is 0 Å². The number of anilines is 3. The summed E-state index contributed by atoms with van der Waals surface area (Å²) in [6.07, 6.45) is 10.0. The third-order valence-corrected chi connectivity index (χ3v) is 7.18. The first-order valence-corrected chi connectivity index (χ1v) is 12.9. The first-order valence-electron chi connectivity index (χ1n) is 12.9. The summed E-state index contributed by atoms with van der Waals surface area (Å²) >= 11 is 0. The van der Waals surface area contributed by atoms with Gasteiger partial charge in [0, 0.05) is 38.0 Å². The van der Waals surface area contributed by atoms with Crippen LogP contribution in [0.1, 0.15) is 75.2 Å². The number of carbonyl (C=O) groups excluding carboxylic acids is 1. The van der Waals surface area contributed by atoms with E-state index in [0.717, 1.165) is 51.6 Å². The number of nitrogens with zero attached hydrogens (tertiary/aromatic N) is 4. The van der Waals surface area contributed by atoms with E-state index in [1.807, 2.05) is 16.8 Å². The minimum absolute atomic E-state index is 0.0894. The van der Waals surface area contributed by atoms with Crippen molar-refractivity contribution in [3.05, 3.63) is 46.5 Å². The molecule has 10 heteroatoms. The molecule has 0 aliphatic heterocycles. The van der Waals surface area contributed by atoms with Crippen LogP contribution in [0.2, 0.25) is 0 Å². The second-order valence-electron chi connectivity index (χ2n) is 10.1. The molecule has 2 fully saturated rings. The van der Waals surface area contributed by atoms with Gasteiger partial charge >= 0.3 is 0 Å². The van der Waals surface area contributed by atoms with Crippen LogP contribution < -0.4 is 21.5 Å². The Bertz CT molecular complexity index is 1300. The Hall–Kier alpha value is -3.40. The van der Waals surface area contributed by atoms with Gasteiger partial charge in [-0.2, -0.15) is 9.61 Å². The van der Waals surface area contributed by atoms with Crippen molar-refractivity contribution >= 4 is 28.9 Å². The van der Waals surface area contributed by atoms with E-state index in [1.54, 1.807) is 23.7 Å². The summed E-state index contributed by atoms with van der Waals surface area (Å²) < 4.78 is 9.51. The fourth-order valence-corrected chi connectivity index (χ4v) is 4.87. The molecule has 2 saturated carbocycles. The SMILES string of the molecule is CCCOC1(C)CCC(n2cccc(Nc3cc(NC)n4ncc(C(=O)NC5CC5)c4n3)c2=O)CC1.